The first-order valence-corrected chi connectivity index (χ1v) is 12.9. The van der Waals surface area contributed by atoms with E-state index in [0.717, 1.165) is 23.3 Å². The van der Waals surface area contributed by atoms with Gasteiger partial charge >= 0.3 is 18.3 Å². The summed E-state index contributed by atoms with van der Waals surface area (Å²) in [6.45, 7) is 4.93. The number of alkyl halides is 6. The number of carbonyl (C=O) groups is 1. The maximum absolute atomic E-state index is 13.2. The molecule has 3 aromatic rings. The molecule has 0 spiro atoms. The number of nitrogens with zero attached hydrogens (tertiary/aromatic N) is 3. The minimum Gasteiger partial charge on any atom is -0.465 e. The zero-order valence-corrected chi connectivity index (χ0v) is 22.1. The highest BCUT2D eigenvalue weighted by Crippen LogP contribution is 2.50. The molecule has 1 fully saturated rings. The Kier molecular flexibility index (Phi) is 9.05. The summed E-state index contributed by atoms with van der Waals surface area (Å²) in [4.78, 5) is 21.0. The van der Waals surface area contributed by atoms with Gasteiger partial charge in [0.05, 0.1) is 6.61 Å². The van der Waals surface area contributed by atoms with Crippen LogP contribution >= 0.6 is 0 Å². The van der Waals surface area contributed by atoms with Gasteiger partial charge in [0, 0.05) is 50.7 Å². The second kappa shape index (κ2) is 12.2. The first-order chi connectivity index (χ1) is 19.3. The van der Waals surface area contributed by atoms with Crippen molar-refractivity contribution in [1.82, 2.24) is 14.8 Å². The van der Waals surface area contributed by atoms with E-state index in [1.807, 2.05) is 24.3 Å². The summed E-state index contributed by atoms with van der Waals surface area (Å²) < 4.78 is 84.3. The fourth-order valence-electron chi connectivity index (χ4n) is 4.85. The van der Waals surface area contributed by atoms with Gasteiger partial charge in [0.25, 0.3) is 5.60 Å². The summed E-state index contributed by atoms with van der Waals surface area (Å²) in [6, 6.07) is 13.9. The number of pyridine rings is 1. The molecule has 1 aliphatic heterocycles. The van der Waals surface area contributed by atoms with Gasteiger partial charge in [-0.15, -0.1) is 0 Å². The second-order valence-corrected chi connectivity index (χ2v) is 9.81. The lowest BCUT2D eigenvalue weighted by Crippen LogP contribution is -2.56. The molecule has 41 heavy (non-hydrogen) atoms. The molecule has 0 saturated carbocycles. The van der Waals surface area contributed by atoms with Crippen LogP contribution in [-0.4, -0.2) is 70.5 Å². The molecular formula is C29H29F6N3O3. The molecule has 1 atom stereocenters. The van der Waals surface area contributed by atoms with E-state index in [-0.39, 0.29) is 12.6 Å². The first-order valence-electron chi connectivity index (χ1n) is 12.9. The summed E-state index contributed by atoms with van der Waals surface area (Å²) in [5.74, 6) is -0.298. The van der Waals surface area contributed by atoms with Gasteiger partial charge < -0.3 is 9.84 Å². The molecule has 1 aromatic heterocycles. The van der Waals surface area contributed by atoms with Gasteiger partial charge in [-0.1, -0.05) is 48.5 Å². The topological polar surface area (TPSA) is 65.9 Å². The van der Waals surface area contributed by atoms with E-state index in [1.165, 1.54) is 0 Å². The Morgan fingerprint density at radius 1 is 0.854 bits per heavy atom. The SMILES string of the molecule is CCOC(=O)[C@H]1CN(Cc2ccc(-c3ccc(C(O)(C(F)(F)F)C(F)(F)F)cc3)cc2)CCN1Cc1ccncc1. The number of ether oxygens (including phenoxy) is 1. The average molecular weight is 582 g/mol. The van der Waals surface area contributed by atoms with Gasteiger partial charge in [0.1, 0.15) is 6.04 Å². The molecule has 1 N–H and O–H groups in total. The number of rotatable bonds is 8. The van der Waals surface area contributed by atoms with Crippen molar-refractivity contribution in [1.29, 1.82) is 0 Å². The van der Waals surface area contributed by atoms with Gasteiger partial charge in [-0.25, -0.2) is 0 Å². The molecule has 1 saturated heterocycles. The van der Waals surface area contributed by atoms with Crippen molar-refractivity contribution in [3.05, 3.63) is 89.7 Å². The van der Waals surface area contributed by atoms with E-state index >= 15 is 0 Å². The second-order valence-electron chi connectivity index (χ2n) is 9.81. The van der Waals surface area contributed by atoms with E-state index in [2.05, 4.69) is 14.8 Å². The summed E-state index contributed by atoms with van der Waals surface area (Å²) in [5.41, 5.74) is -3.36. The van der Waals surface area contributed by atoms with Gasteiger partial charge in [0.15, 0.2) is 0 Å². The maximum atomic E-state index is 13.2. The van der Waals surface area contributed by atoms with Crippen LogP contribution in [0.3, 0.4) is 0 Å². The van der Waals surface area contributed by atoms with Crippen LogP contribution in [0.25, 0.3) is 11.1 Å². The third-order valence-electron chi connectivity index (χ3n) is 7.09. The van der Waals surface area contributed by atoms with E-state index in [9.17, 15) is 36.2 Å². The number of piperazine rings is 1. The smallest absolute Gasteiger partial charge is 0.430 e. The Labute approximate surface area is 233 Å². The van der Waals surface area contributed by atoms with Crippen LogP contribution in [0, 0.1) is 0 Å². The van der Waals surface area contributed by atoms with Gasteiger partial charge in [-0.2, -0.15) is 26.3 Å². The van der Waals surface area contributed by atoms with E-state index in [1.54, 1.807) is 31.5 Å². The Bertz CT molecular complexity index is 1280. The predicted molar refractivity (Wildman–Crippen MR) is 138 cm³/mol. The minimum absolute atomic E-state index is 0.270. The lowest BCUT2D eigenvalue weighted by Gasteiger charge is -2.40. The average Bonchev–Trinajstić information content (AvgIpc) is 2.93. The summed E-state index contributed by atoms with van der Waals surface area (Å²) >= 11 is 0. The summed E-state index contributed by atoms with van der Waals surface area (Å²) in [6.07, 6.45) is -8.47. The van der Waals surface area contributed by atoms with Crippen LogP contribution < -0.4 is 0 Å². The van der Waals surface area contributed by atoms with Gasteiger partial charge in [-0.05, 0) is 41.3 Å². The number of aromatic nitrogens is 1. The van der Waals surface area contributed by atoms with Crippen molar-refractivity contribution in [3.63, 3.8) is 0 Å². The lowest BCUT2D eigenvalue weighted by molar-refractivity contribution is -0.376. The number of hydrogen-bond donors (Lipinski definition) is 1. The molecular weight excluding hydrogens is 552 g/mol. The van der Waals surface area contributed by atoms with Crippen molar-refractivity contribution in [2.45, 2.75) is 44.0 Å². The predicted octanol–water partition coefficient (Wildman–Crippen LogP) is 5.31. The Morgan fingerprint density at radius 2 is 1.39 bits per heavy atom. The molecule has 0 amide bonds. The maximum Gasteiger partial charge on any atom is 0.430 e. The number of halogens is 6. The molecule has 2 heterocycles. The normalized spacial score (nSPS) is 17.4. The number of benzene rings is 2. The van der Waals surface area contributed by atoms with Gasteiger partial charge in [0.2, 0.25) is 0 Å². The number of hydrogen-bond acceptors (Lipinski definition) is 6. The van der Waals surface area contributed by atoms with E-state index < -0.39 is 29.6 Å². The first kappa shape index (κ1) is 30.5. The quantitative estimate of drug-likeness (QED) is 0.288. The zero-order chi connectivity index (χ0) is 29.8. The number of esters is 1. The van der Waals surface area contributed by atoms with Crippen molar-refractivity contribution in [2.24, 2.45) is 0 Å². The van der Waals surface area contributed by atoms with Crippen molar-refractivity contribution >= 4 is 5.97 Å². The molecule has 12 heteroatoms. The van der Waals surface area contributed by atoms with Crippen LogP contribution in [0.1, 0.15) is 23.6 Å². The largest absolute Gasteiger partial charge is 0.465 e. The van der Waals surface area contributed by atoms with Crippen LogP contribution in [0.4, 0.5) is 26.3 Å². The number of aliphatic hydroxyl groups is 1. The standard InChI is InChI=1S/C29H29F6N3O3/c1-2-41-26(39)25-19-37(15-16-38(25)18-21-11-13-36-14-12-21)17-20-3-5-22(6-4-20)23-7-9-24(10-8-23)27(40,28(30,31)32)29(33,34)35/h3-14,25,40H,2,15-19H2,1H3/t25-/m1/s1. The third kappa shape index (κ3) is 6.71. The minimum atomic E-state index is -5.94. The molecule has 0 radical (unpaired) electrons. The van der Waals surface area contributed by atoms with E-state index in [0.29, 0.717) is 56.0 Å². The van der Waals surface area contributed by atoms with Gasteiger partial charge in [-0.3, -0.25) is 19.6 Å². The van der Waals surface area contributed by atoms with Crippen LogP contribution in [-0.2, 0) is 28.2 Å². The fourth-order valence-corrected chi connectivity index (χ4v) is 4.85. The molecule has 2 aromatic carbocycles. The highest BCUT2D eigenvalue weighted by molar-refractivity contribution is 5.76. The Hall–Kier alpha value is -3.48. The highest BCUT2D eigenvalue weighted by atomic mass is 19.4. The Morgan fingerprint density at radius 3 is 1.93 bits per heavy atom. The molecule has 1 aliphatic rings. The summed E-state index contributed by atoms with van der Waals surface area (Å²) in [7, 11) is 0. The zero-order valence-electron chi connectivity index (χ0n) is 22.1. The van der Waals surface area contributed by atoms with Crippen LogP contribution in [0.15, 0.2) is 73.1 Å². The monoisotopic (exact) mass is 581 g/mol. The fraction of sp³-hybridized carbons (Fsp3) is 0.379. The molecule has 4 rings (SSSR count). The molecule has 220 valence electrons. The van der Waals surface area contributed by atoms with Crippen molar-refractivity contribution in [2.75, 3.05) is 26.2 Å². The van der Waals surface area contributed by atoms with E-state index in [4.69, 9.17) is 4.74 Å². The van der Waals surface area contributed by atoms with Crippen molar-refractivity contribution in [3.8, 4) is 11.1 Å². The third-order valence-corrected chi connectivity index (χ3v) is 7.09. The number of carbonyl (C=O) groups excluding carboxylic acids is 1. The molecule has 0 unspecified atom stereocenters. The highest BCUT2D eigenvalue weighted by Gasteiger charge is 2.71. The van der Waals surface area contributed by atoms with Crippen molar-refractivity contribution < 1.29 is 41.0 Å². The molecule has 0 bridgehead atoms. The summed E-state index contributed by atoms with van der Waals surface area (Å²) in [5, 5.41) is 9.59. The van der Waals surface area contributed by atoms with Crippen LogP contribution in [0.2, 0.25) is 0 Å². The van der Waals surface area contributed by atoms with Crippen LogP contribution in [0.5, 0.6) is 0 Å². The molecule has 0 aliphatic carbocycles. The Balaban J connectivity index is 1.44. The lowest BCUT2D eigenvalue weighted by atomic mass is 9.90. The molecule has 6 nitrogen and oxygen atoms in total.